The third kappa shape index (κ3) is 4.17. The molecule has 0 saturated carbocycles. The molecule has 3 heterocycles. The molecule has 0 atom stereocenters. The first-order valence-corrected chi connectivity index (χ1v) is 11.8. The highest BCUT2D eigenvalue weighted by Crippen LogP contribution is 2.33. The Hall–Kier alpha value is -3.93. The third-order valence-electron chi connectivity index (χ3n) is 6.13. The number of rotatable bonds is 4. The van der Waals surface area contributed by atoms with Crippen molar-refractivity contribution in [2.75, 3.05) is 11.4 Å². The molecule has 10 heteroatoms. The molecule has 1 aliphatic rings. The van der Waals surface area contributed by atoms with Crippen LogP contribution < -0.4 is 16.1 Å². The van der Waals surface area contributed by atoms with Gasteiger partial charge in [-0.05, 0) is 41.3 Å². The van der Waals surface area contributed by atoms with Crippen LogP contribution in [0.5, 0.6) is 0 Å². The summed E-state index contributed by atoms with van der Waals surface area (Å²) in [6.07, 6.45) is 3.40. The molecule has 0 unspecified atom stereocenters. The lowest BCUT2D eigenvalue weighted by Crippen LogP contribution is -2.44. The fourth-order valence-corrected chi connectivity index (χ4v) is 4.86. The number of nitriles is 1. The molecule has 36 heavy (non-hydrogen) atoms. The van der Waals surface area contributed by atoms with Crippen molar-refractivity contribution < 1.29 is 4.39 Å². The SMILES string of the molecule is N#CCn1c(N2CCc3ccccc3C2)c(-c2ccc(F)c(Cl)c2)c(=O)n(-c2cncc(Cl)c2)c1=O. The first-order chi connectivity index (χ1) is 17.4. The lowest BCUT2D eigenvalue weighted by molar-refractivity contribution is 0.628. The predicted molar refractivity (Wildman–Crippen MR) is 136 cm³/mol. The summed E-state index contributed by atoms with van der Waals surface area (Å²) >= 11 is 12.2. The van der Waals surface area contributed by atoms with Crippen LogP contribution in [0, 0.1) is 17.1 Å². The number of fused-ring (bicyclic) bond motifs is 1. The van der Waals surface area contributed by atoms with E-state index in [2.05, 4.69) is 4.98 Å². The summed E-state index contributed by atoms with van der Waals surface area (Å²) in [6.45, 7) is 0.611. The second kappa shape index (κ2) is 9.61. The summed E-state index contributed by atoms with van der Waals surface area (Å²) in [7, 11) is 0. The van der Waals surface area contributed by atoms with E-state index in [-0.39, 0.29) is 33.7 Å². The summed E-state index contributed by atoms with van der Waals surface area (Å²) in [5.41, 5.74) is 1.43. The molecule has 0 fully saturated rings. The smallest absolute Gasteiger partial charge is 0.338 e. The van der Waals surface area contributed by atoms with Crippen molar-refractivity contribution in [1.82, 2.24) is 14.1 Å². The number of hydrogen-bond acceptors (Lipinski definition) is 5. The molecule has 5 rings (SSSR count). The number of nitrogens with zero attached hydrogens (tertiary/aromatic N) is 5. The standard InChI is InChI=1S/C26H18Cl2FN5O2/c27-19-12-20(14-31-13-19)34-25(35)23(17-5-6-22(29)21(28)11-17)24(33(10-8-30)26(34)36)32-9-7-16-3-1-2-4-18(16)15-32/h1-6,11-14H,7,9-10,15H2. The van der Waals surface area contributed by atoms with E-state index in [9.17, 15) is 19.2 Å². The van der Waals surface area contributed by atoms with E-state index in [1.807, 2.05) is 35.2 Å². The van der Waals surface area contributed by atoms with Gasteiger partial charge in [-0.3, -0.25) is 14.3 Å². The number of halogens is 3. The minimum Gasteiger partial charge on any atom is -0.353 e. The summed E-state index contributed by atoms with van der Waals surface area (Å²) in [5, 5.41) is 9.68. The fraction of sp³-hybridized carbons (Fsp3) is 0.154. The molecule has 2 aromatic heterocycles. The number of aromatic nitrogens is 3. The third-order valence-corrected chi connectivity index (χ3v) is 6.63. The highest BCUT2D eigenvalue weighted by atomic mass is 35.5. The Morgan fingerprint density at radius 2 is 1.83 bits per heavy atom. The van der Waals surface area contributed by atoms with Gasteiger partial charge in [-0.2, -0.15) is 5.26 Å². The van der Waals surface area contributed by atoms with Gasteiger partial charge in [0.2, 0.25) is 0 Å². The van der Waals surface area contributed by atoms with Gasteiger partial charge in [0, 0.05) is 19.3 Å². The second-order valence-electron chi connectivity index (χ2n) is 8.30. The summed E-state index contributed by atoms with van der Waals surface area (Å²) < 4.78 is 16.2. The quantitative estimate of drug-likeness (QED) is 0.392. The maximum atomic E-state index is 14.0. The Labute approximate surface area is 215 Å². The second-order valence-corrected chi connectivity index (χ2v) is 9.14. The number of pyridine rings is 1. The maximum Gasteiger partial charge on any atom is 0.338 e. The van der Waals surface area contributed by atoms with E-state index in [0.29, 0.717) is 25.1 Å². The van der Waals surface area contributed by atoms with Gasteiger partial charge in [-0.1, -0.05) is 53.5 Å². The summed E-state index contributed by atoms with van der Waals surface area (Å²) in [5.74, 6) is -0.367. The minimum atomic E-state index is -0.712. The van der Waals surface area contributed by atoms with Gasteiger partial charge in [0.05, 0.1) is 33.6 Å². The molecule has 0 aliphatic carbocycles. The molecular formula is C26H18Cl2FN5O2. The van der Waals surface area contributed by atoms with Crippen LogP contribution in [0.15, 0.2) is 70.5 Å². The molecule has 180 valence electrons. The lowest BCUT2D eigenvalue weighted by atomic mass is 9.98. The molecule has 1 aliphatic heterocycles. The molecule has 0 amide bonds. The van der Waals surface area contributed by atoms with Crippen LogP contribution in [-0.2, 0) is 19.5 Å². The number of benzene rings is 2. The van der Waals surface area contributed by atoms with Gasteiger partial charge in [-0.25, -0.2) is 13.8 Å². The van der Waals surface area contributed by atoms with E-state index in [4.69, 9.17) is 23.2 Å². The van der Waals surface area contributed by atoms with Crippen molar-refractivity contribution >= 4 is 29.0 Å². The summed E-state index contributed by atoms with van der Waals surface area (Å²) in [6, 6.07) is 15.3. The Bertz CT molecular complexity index is 1660. The van der Waals surface area contributed by atoms with Crippen LogP contribution in [-0.4, -0.2) is 20.7 Å². The molecular weight excluding hydrogens is 504 g/mol. The van der Waals surface area contributed by atoms with Crippen molar-refractivity contribution in [3.8, 4) is 22.9 Å². The van der Waals surface area contributed by atoms with Gasteiger partial charge in [0.1, 0.15) is 18.2 Å². The van der Waals surface area contributed by atoms with Crippen molar-refractivity contribution in [2.24, 2.45) is 0 Å². The van der Waals surface area contributed by atoms with Crippen LogP contribution in [0.25, 0.3) is 16.8 Å². The molecule has 0 spiro atoms. The lowest BCUT2D eigenvalue weighted by Gasteiger charge is -2.33. The first-order valence-electron chi connectivity index (χ1n) is 11.0. The van der Waals surface area contributed by atoms with E-state index in [1.165, 1.54) is 40.7 Å². The van der Waals surface area contributed by atoms with Crippen molar-refractivity contribution in [2.45, 2.75) is 19.5 Å². The summed E-state index contributed by atoms with van der Waals surface area (Å²) in [4.78, 5) is 33.6. The van der Waals surface area contributed by atoms with E-state index >= 15 is 0 Å². The molecule has 0 saturated heterocycles. The van der Waals surface area contributed by atoms with E-state index in [1.54, 1.807) is 0 Å². The predicted octanol–water partition coefficient (Wildman–Crippen LogP) is 4.59. The van der Waals surface area contributed by atoms with Crippen molar-refractivity contribution in [3.05, 3.63) is 109 Å². The van der Waals surface area contributed by atoms with Crippen LogP contribution >= 0.6 is 23.2 Å². The zero-order valence-corrected chi connectivity index (χ0v) is 20.3. The highest BCUT2D eigenvalue weighted by molar-refractivity contribution is 6.31. The Morgan fingerprint density at radius 3 is 2.56 bits per heavy atom. The fourth-order valence-electron chi connectivity index (χ4n) is 4.51. The van der Waals surface area contributed by atoms with E-state index < -0.39 is 17.1 Å². The Morgan fingerprint density at radius 1 is 1.06 bits per heavy atom. The normalized spacial score (nSPS) is 12.8. The van der Waals surface area contributed by atoms with Crippen molar-refractivity contribution in [3.63, 3.8) is 0 Å². The van der Waals surface area contributed by atoms with Crippen LogP contribution in [0.2, 0.25) is 10.0 Å². The van der Waals surface area contributed by atoms with Crippen LogP contribution in [0.1, 0.15) is 11.1 Å². The van der Waals surface area contributed by atoms with Gasteiger partial charge in [0.15, 0.2) is 0 Å². The molecule has 0 radical (unpaired) electrons. The van der Waals surface area contributed by atoms with Gasteiger partial charge >= 0.3 is 5.69 Å². The molecule has 7 nitrogen and oxygen atoms in total. The molecule has 0 bridgehead atoms. The Kier molecular flexibility index (Phi) is 6.35. The number of anilines is 1. The van der Waals surface area contributed by atoms with Crippen molar-refractivity contribution in [1.29, 1.82) is 5.26 Å². The largest absolute Gasteiger partial charge is 0.353 e. The topological polar surface area (TPSA) is 83.9 Å². The average molecular weight is 522 g/mol. The van der Waals surface area contributed by atoms with E-state index in [0.717, 1.165) is 16.2 Å². The van der Waals surface area contributed by atoms with Gasteiger partial charge < -0.3 is 4.90 Å². The maximum absolute atomic E-state index is 14.0. The zero-order valence-electron chi connectivity index (χ0n) is 18.8. The first kappa shape index (κ1) is 23.8. The van der Waals surface area contributed by atoms with Gasteiger partial charge in [0.25, 0.3) is 5.56 Å². The monoisotopic (exact) mass is 521 g/mol. The average Bonchev–Trinajstić information content (AvgIpc) is 2.87. The minimum absolute atomic E-state index is 0.117. The molecule has 4 aromatic rings. The number of hydrogen-bond donors (Lipinski definition) is 0. The van der Waals surface area contributed by atoms with Crippen LogP contribution in [0.3, 0.4) is 0 Å². The molecule has 2 aromatic carbocycles. The Balaban J connectivity index is 1.85. The van der Waals surface area contributed by atoms with Gasteiger partial charge in [-0.15, -0.1) is 0 Å². The van der Waals surface area contributed by atoms with Crippen LogP contribution in [0.4, 0.5) is 10.2 Å². The zero-order chi connectivity index (χ0) is 25.4. The highest BCUT2D eigenvalue weighted by Gasteiger charge is 2.28. The molecule has 0 N–H and O–H groups in total.